The number of nitriles is 1. The highest BCUT2D eigenvalue weighted by molar-refractivity contribution is 9.10. The predicted molar refractivity (Wildman–Crippen MR) is 61.5 cm³/mol. The molecule has 0 spiro atoms. The molecule has 0 saturated carbocycles. The molecule has 4 nitrogen and oxygen atoms in total. The van der Waals surface area contributed by atoms with Gasteiger partial charge in [-0.1, -0.05) is 0 Å². The standard InChI is InChI=1S/C11H11BrN2O2/c1-3-16-10(15)11(2,7-13)8-4-5-14-6-9(8)12/h4-6H,3H2,1-2H3. The number of hydrogen-bond acceptors (Lipinski definition) is 4. The van der Waals surface area contributed by atoms with Crippen LogP contribution >= 0.6 is 15.9 Å². The smallest absolute Gasteiger partial charge is 0.330 e. The summed E-state index contributed by atoms with van der Waals surface area (Å²) < 4.78 is 5.52. The van der Waals surface area contributed by atoms with Gasteiger partial charge in [0, 0.05) is 22.4 Å². The fourth-order valence-electron chi connectivity index (χ4n) is 1.27. The molecule has 1 heterocycles. The molecule has 0 amide bonds. The van der Waals surface area contributed by atoms with Crippen molar-refractivity contribution in [2.24, 2.45) is 0 Å². The molecule has 1 unspecified atom stereocenters. The SMILES string of the molecule is CCOC(=O)C(C)(C#N)c1ccncc1Br. The summed E-state index contributed by atoms with van der Waals surface area (Å²) in [4.78, 5) is 15.7. The monoisotopic (exact) mass is 282 g/mol. The van der Waals surface area contributed by atoms with Crippen LogP contribution in [-0.2, 0) is 14.9 Å². The first-order valence-electron chi connectivity index (χ1n) is 4.74. The molecule has 0 saturated heterocycles. The summed E-state index contributed by atoms with van der Waals surface area (Å²) in [6, 6.07) is 3.62. The number of hydrogen-bond donors (Lipinski definition) is 0. The summed E-state index contributed by atoms with van der Waals surface area (Å²) >= 11 is 3.27. The van der Waals surface area contributed by atoms with Crippen molar-refractivity contribution in [2.75, 3.05) is 6.61 Å². The molecule has 0 aliphatic heterocycles. The largest absolute Gasteiger partial charge is 0.465 e. The van der Waals surface area contributed by atoms with Crippen molar-refractivity contribution in [1.82, 2.24) is 4.98 Å². The van der Waals surface area contributed by atoms with Gasteiger partial charge in [-0.05, 0) is 35.8 Å². The van der Waals surface area contributed by atoms with Gasteiger partial charge in [0.05, 0.1) is 12.7 Å². The minimum absolute atomic E-state index is 0.249. The van der Waals surface area contributed by atoms with E-state index in [1.54, 1.807) is 19.2 Å². The summed E-state index contributed by atoms with van der Waals surface area (Å²) in [5, 5.41) is 9.17. The number of nitrogens with zero attached hydrogens (tertiary/aromatic N) is 2. The summed E-state index contributed by atoms with van der Waals surface area (Å²) in [5.41, 5.74) is -0.749. The van der Waals surface area contributed by atoms with Gasteiger partial charge >= 0.3 is 5.97 Å². The molecule has 1 aromatic heterocycles. The van der Waals surface area contributed by atoms with Gasteiger partial charge in [0.25, 0.3) is 0 Å². The highest BCUT2D eigenvalue weighted by atomic mass is 79.9. The summed E-state index contributed by atoms with van der Waals surface area (Å²) in [6.45, 7) is 3.49. The molecule has 1 atom stereocenters. The lowest BCUT2D eigenvalue weighted by Crippen LogP contribution is -2.33. The van der Waals surface area contributed by atoms with Crippen LogP contribution in [0, 0.1) is 11.3 Å². The highest BCUT2D eigenvalue weighted by Crippen LogP contribution is 2.30. The van der Waals surface area contributed by atoms with Crippen molar-refractivity contribution in [3.63, 3.8) is 0 Å². The van der Waals surface area contributed by atoms with Crippen molar-refractivity contribution in [1.29, 1.82) is 5.26 Å². The zero-order chi connectivity index (χ0) is 12.2. The molecule has 84 valence electrons. The van der Waals surface area contributed by atoms with Crippen LogP contribution in [0.3, 0.4) is 0 Å². The normalized spacial score (nSPS) is 13.6. The molecule has 16 heavy (non-hydrogen) atoms. The number of rotatable bonds is 3. The van der Waals surface area contributed by atoms with Crippen molar-refractivity contribution < 1.29 is 9.53 Å². The molecular formula is C11H11BrN2O2. The minimum Gasteiger partial charge on any atom is -0.465 e. The average molecular weight is 283 g/mol. The number of carbonyl (C=O) groups is 1. The van der Waals surface area contributed by atoms with E-state index in [4.69, 9.17) is 10.00 Å². The molecule has 0 aliphatic rings. The van der Waals surface area contributed by atoms with Gasteiger partial charge in [0.15, 0.2) is 5.41 Å². The Morgan fingerprint density at radius 3 is 2.94 bits per heavy atom. The molecule has 1 rings (SSSR count). The Morgan fingerprint density at radius 2 is 2.44 bits per heavy atom. The van der Waals surface area contributed by atoms with Crippen LogP contribution in [0.15, 0.2) is 22.9 Å². The third-order valence-corrected chi connectivity index (χ3v) is 2.85. The lowest BCUT2D eigenvalue weighted by molar-refractivity contribution is -0.147. The molecule has 1 aromatic rings. The number of carbonyl (C=O) groups excluding carboxylic acids is 1. The molecule has 0 fully saturated rings. The van der Waals surface area contributed by atoms with Gasteiger partial charge in [0.2, 0.25) is 0 Å². The van der Waals surface area contributed by atoms with Gasteiger partial charge in [-0.3, -0.25) is 4.98 Å². The van der Waals surface area contributed by atoms with Gasteiger partial charge in [-0.25, -0.2) is 4.79 Å². The van der Waals surface area contributed by atoms with E-state index in [2.05, 4.69) is 20.9 Å². The summed E-state index contributed by atoms with van der Waals surface area (Å²) in [7, 11) is 0. The Balaban J connectivity index is 3.21. The van der Waals surface area contributed by atoms with Gasteiger partial charge in [0.1, 0.15) is 0 Å². The predicted octanol–water partition coefficient (Wildman–Crippen LogP) is 2.19. The van der Waals surface area contributed by atoms with Gasteiger partial charge in [-0.15, -0.1) is 0 Å². The first-order valence-corrected chi connectivity index (χ1v) is 5.54. The van der Waals surface area contributed by atoms with Crippen molar-refractivity contribution in [3.05, 3.63) is 28.5 Å². The molecular weight excluding hydrogens is 272 g/mol. The van der Waals surface area contributed by atoms with E-state index in [1.165, 1.54) is 13.1 Å². The Bertz CT molecular complexity index is 442. The van der Waals surface area contributed by atoms with E-state index in [9.17, 15) is 4.79 Å². The number of halogens is 1. The Morgan fingerprint density at radius 1 is 1.75 bits per heavy atom. The van der Waals surface area contributed by atoms with E-state index in [0.717, 1.165) is 0 Å². The lowest BCUT2D eigenvalue weighted by Gasteiger charge is -2.20. The average Bonchev–Trinajstić information content (AvgIpc) is 2.29. The van der Waals surface area contributed by atoms with E-state index in [0.29, 0.717) is 10.0 Å². The van der Waals surface area contributed by atoms with Crippen LogP contribution in [0.25, 0.3) is 0 Å². The number of esters is 1. The maximum atomic E-state index is 11.8. The van der Waals surface area contributed by atoms with Gasteiger partial charge in [-0.2, -0.15) is 5.26 Å². The lowest BCUT2D eigenvalue weighted by atomic mass is 9.85. The molecule has 0 aromatic carbocycles. The number of aromatic nitrogens is 1. The summed E-state index contributed by atoms with van der Waals surface area (Å²) in [5.74, 6) is -0.551. The second-order valence-corrected chi connectivity index (χ2v) is 4.17. The van der Waals surface area contributed by atoms with Crippen LogP contribution in [0.4, 0.5) is 0 Å². The van der Waals surface area contributed by atoms with Gasteiger partial charge < -0.3 is 4.74 Å². The second kappa shape index (κ2) is 5.08. The topological polar surface area (TPSA) is 63.0 Å². The molecule has 0 aliphatic carbocycles. The Kier molecular flexibility index (Phi) is 4.02. The Hall–Kier alpha value is -1.41. The van der Waals surface area contributed by atoms with E-state index < -0.39 is 11.4 Å². The third-order valence-electron chi connectivity index (χ3n) is 2.22. The highest BCUT2D eigenvalue weighted by Gasteiger charge is 2.38. The molecule has 0 bridgehead atoms. The van der Waals surface area contributed by atoms with E-state index in [1.807, 2.05) is 6.07 Å². The first-order chi connectivity index (χ1) is 7.56. The first kappa shape index (κ1) is 12.7. The molecule has 0 N–H and O–H groups in total. The van der Waals surface area contributed by atoms with Crippen molar-refractivity contribution in [2.45, 2.75) is 19.3 Å². The molecule has 0 radical (unpaired) electrons. The fourth-order valence-corrected chi connectivity index (χ4v) is 1.92. The van der Waals surface area contributed by atoms with Crippen molar-refractivity contribution >= 4 is 21.9 Å². The fraction of sp³-hybridized carbons (Fsp3) is 0.364. The quantitative estimate of drug-likeness (QED) is 0.798. The minimum atomic E-state index is -1.31. The summed E-state index contributed by atoms with van der Waals surface area (Å²) in [6.07, 6.45) is 3.08. The van der Waals surface area contributed by atoms with Crippen LogP contribution in [0.1, 0.15) is 19.4 Å². The third kappa shape index (κ3) is 2.22. The van der Waals surface area contributed by atoms with Crippen LogP contribution in [0.5, 0.6) is 0 Å². The second-order valence-electron chi connectivity index (χ2n) is 3.31. The number of pyridine rings is 1. The zero-order valence-electron chi connectivity index (χ0n) is 9.03. The van der Waals surface area contributed by atoms with Crippen LogP contribution in [-0.4, -0.2) is 17.6 Å². The zero-order valence-corrected chi connectivity index (χ0v) is 10.6. The maximum absolute atomic E-state index is 11.8. The maximum Gasteiger partial charge on any atom is 0.330 e. The van der Waals surface area contributed by atoms with Crippen LogP contribution < -0.4 is 0 Å². The van der Waals surface area contributed by atoms with Crippen LogP contribution in [0.2, 0.25) is 0 Å². The van der Waals surface area contributed by atoms with E-state index in [-0.39, 0.29) is 6.61 Å². The molecule has 5 heteroatoms. The van der Waals surface area contributed by atoms with Crippen molar-refractivity contribution in [3.8, 4) is 6.07 Å². The van der Waals surface area contributed by atoms with E-state index >= 15 is 0 Å². The Labute approximate surface area is 102 Å². The number of ether oxygens (including phenoxy) is 1.